The van der Waals surface area contributed by atoms with E-state index in [1.807, 2.05) is 44.2 Å². The van der Waals surface area contributed by atoms with Crippen molar-refractivity contribution in [1.82, 2.24) is 14.5 Å². The Bertz CT molecular complexity index is 1430. The maximum absolute atomic E-state index is 15.2. The quantitative estimate of drug-likeness (QED) is 0.392. The number of ether oxygens (including phenoxy) is 1. The summed E-state index contributed by atoms with van der Waals surface area (Å²) in [6.07, 6.45) is 0. The largest absolute Gasteiger partial charge is 0.495 e. The molecule has 170 valence electrons. The third-order valence-corrected chi connectivity index (χ3v) is 6.66. The highest BCUT2D eigenvalue weighted by Gasteiger charge is 2.26. The first kappa shape index (κ1) is 22.6. The van der Waals surface area contributed by atoms with Crippen LogP contribution in [0, 0.1) is 12.7 Å². The number of carboxylic acids is 1. The Hall–Kier alpha value is -3.59. The number of hydrogen-bond donors (Lipinski definition) is 2. The number of methoxy groups -OCH3 is 1. The fraction of sp³-hybridized carbons (Fsp3) is 0.208. The molecule has 9 heteroatoms. The minimum Gasteiger partial charge on any atom is -0.495 e. The number of nitrogens with one attached hydrogen (secondary N) is 1. The number of aromatic carboxylic acids is 1. The van der Waals surface area contributed by atoms with Gasteiger partial charge in [-0.3, -0.25) is 0 Å². The van der Waals surface area contributed by atoms with Crippen LogP contribution < -0.4 is 10.4 Å². The molecule has 0 amide bonds. The minimum atomic E-state index is -1.24. The number of imidazole rings is 1. The van der Waals surface area contributed by atoms with Gasteiger partial charge in [0.1, 0.15) is 5.75 Å². The predicted octanol–water partition coefficient (Wildman–Crippen LogP) is 4.90. The number of nitrogens with zero attached hydrogens (tertiary/aromatic N) is 2. The molecule has 0 saturated heterocycles. The number of aromatic amines is 1. The first-order valence-corrected chi connectivity index (χ1v) is 10.9. The molecule has 2 heterocycles. The Kier molecular flexibility index (Phi) is 5.75. The van der Waals surface area contributed by atoms with Crippen LogP contribution in [0.25, 0.3) is 16.9 Å². The number of carbonyl (C=O) groups is 1. The Morgan fingerprint density at radius 3 is 2.55 bits per heavy atom. The SMILES string of the molecule is COc1cc(F)c(-n2c(=O)[nH]c3c(C)cc(C(=O)O)nc32)cc1SC(C)(C)c1ccccc1. The molecule has 0 radical (unpaired) electrons. The molecule has 2 aromatic heterocycles. The van der Waals surface area contributed by atoms with Gasteiger partial charge in [-0.25, -0.2) is 23.5 Å². The molecule has 0 aliphatic rings. The van der Waals surface area contributed by atoms with Crippen molar-refractivity contribution in [3.8, 4) is 11.4 Å². The van der Waals surface area contributed by atoms with Gasteiger partial charge in [0.2, 0.25) is 0 Å². The van der Waals surface area contributed by atoms with Gasteiger partial charge in [-0.2, -0.15) is 0 Å². The van der Waals surface area contributed by atoms with Crippen molar-refractivity contribution in [2.24, 2.45) is 0 Å². The van der Waals surface area contributed by atoms with E-state index in [1.54, 1.807) is 6.92 Å². The number of H-pyrrole nitrogens is 1. The molecule has 7 nitrogen and oxygen atoms in total. The zero-order valence-electron chi connectivity index (χ0n) is 18.5. The number of fused-ring (bicyclic) bond motifs is 1. The predicted molar refractivity (Wildman–Crippen MR) is 125 cm³/mol. The number of carboxylic acid groups (broad SMARTS) is 1. The normalized spacial score (nSPS) is 11.7. The Morgan fingerprint density at radius 1 is 1.21 bits per heavy atom. The number of thioether (sulfide) groups is 1. The van der Waals surface area contributed by atoms with Gasteiger partial charge in [0.05, 0.1) is 23.2 Å². The van der Waals surface area contributed by atoms with E-state index in [9.17, 15) is 14.7 Å². The van der Waals surface area contributed by atoms with Crippen molar-refractivity contribution >= 4 is 28.9 Å². The van der Waals surface area contributed by atoms with E-state index in [1.165, 1.54) is 37.1 Å². The van der Waals surface area contributed by atoms with Crippen LogP contribution >= 0.6 is 11.8 Å². The third kappa shape index (κ3) is 4.11. The molecule has 0 atom stereocenters. The molecule has 4 aromatic rings. The fourth-order valence-corrected chi connectivity index (χ4v) is 4.89. The number of benzene rings is 2. The second-order valence-electron chi connectivity index (χ2n) is 8.03. The van der Waals surface area contributed by atoms with E-state index in [4.69, 9.17) is 4.74 Å². The topological polar surface area (TPSA) is 97.2 Å². The molecule has 2 N–H and O–H groups in total. The van der Waals surface area contributed by atoms with Crippen LogP contribution in [0.2, 0.25) is 0 Å². The van der Waals surface area contributed by atoms with Crippen molar-refractivity contribution in [2.45, 2.75) is 30.4 Å². The molecule has 2 aromatic carbocycles. The van der Waals surface area contributed by atoms with Gasteiger partial charge in [0.25, 0.3) is 0 Å². The number of pyridine rings is 1. The lowest BCUT2D eigenvalue weighted by Crippen LogP contribution is -2.17. The minimum absolute atomic E-state index is 0.0414. The van der Waals surface area contributed by atoms with E-state index < -0.39 is 17.5 Å². The van der Waals surface area contributed by atoms with Crippen LogP contribution in [0.3, 0.4) is 0 Å². The van der Waals surface area contributed by atoms with Gasteiger partial charge in [-0.05, 0) is 44.0 Å². The summed E-state index contributed by atoms with van der Waals surface area (Å²) in [4.78, 5) is 31.7. The second kappa shape index (κ2) is 8.40. The van der Waals surface area contributed by atoms with Crippen molar-refractivity contribution in [3.05, 3.63) is 81.7 Å². The standard InChI is InChI=1S/C24H22FN3O4S/c1-13-10-16(22(29)30)26-21-20(13)27-23(31)28(21)17-12-19(18(32-4)11-15(17)25)33-24(2,3)14-8-6-5-7-9-14/h5-12H,1-4H3,(H,27,31)(H,29,30). The molecular weight excluding hydrogens is 445 g/mol. The van der Waals surface area contributed by atoms with Crippen molar-refractivity contribution < 1.29 is 19.0 Å². The fourth-order valence-electron chi connectivity index (χ4n) is 3.67. The van der Waals surface area contributed by atoms with Crippen LogP contribution in [0.1, 0.15) is 35.5 Å². The highest BCUT2D eigenvalue weighted by molar-refractivity contribution is 8.00. The van der Waals surface area contributed by atoms with E-state index in [-0.39, 0.29) is 21.8 Å². The van der Waals surface area contributed by atoms with Crippen LogP contribution in [0.5, 0.6) is 5.75 Å². The van der Waals surface area contributed by atoms with E-state index >= 15 is 4.39 Å². The first-order valence-electron chi connectivity index (χ1n) is 10.1. The lowest BCUT2D eigenvalue weighted by Gasteiger charge is -2.26. The molecule has 0 aliphatic carbocycles. The van der Waals surface area contributed by atoms with Crippen LogP contribution in [-0.4, -0.2) is 32.7 Å². The number of aryl methyl sites for hydroxylation is 1. The van der Waals surface area contributed by atoms with Gasteiger partial charge in [-0.15, -0.1) is 11.8 Å². The summed E-state index contributed by atoms with van der Waals surface area (Å²) >= 11 is 1.46. The van der Waals surface area contributed by atoms with E-state index in [2.05, 4.69) is 9.97 Å². The Balaban J connectivity index is 1.91. The smallest absolute Gasteiger partial charge is 0.354 e. The van der Waals surface area contributed by atoms with Crippen molar-refractivity contribution in [2.75, 3.05) is 7.11 Å². The van der Waals surface area contributed by atoms with E-state index in [0.29, 0.717) is 21.7 Å². The highest BCUT2D eigenvalue weighted by atomic mass is 32.2. The summed E-state index contributed by atoms with van der Waals surface area (Å²) in [5.74, 6) is -1.61. The molecule has 0 unspecified atom stereocenters. The maximum Gasteiger partial charge on any atom is 0.354 e. The van der Waals surface area contributed by atoms with Gasteiger partial charge >= 0.3 is 11.7 Å². The number of hydrogen-bond acceptors (Lipinski definition) is 5. The number of rotatable bonds is 6. The Morgan fingerprint density at radius 2 is 1.91 bits per heavy atom. The lowest BCUT2D eigenvalue weighted by atomic mass is 10.0. The van der Waals surface area contributed by atoms with Crippen molar-refractivity contribution in [3.63, 3.8) is 0 Å². The summed E-state index contributed by atoms with van der Waals surface area (Å²) in [6.45, 7) is 5.74. The highest BCUT2D eigenvalue weighted by Crippen LogP contribution is 2.45. The van der Waals surface area contributed by atoms with Gasteiger partial charge in [0, 0.05) is 10.8 Å². The van der Waals surface area contributed by atoms with Crippen molar-refractivity contribution in [1.29, 1.82) is 0 Å². The monoisotopic (exact) mass is 467 g/mol. The summed E-state index contributed by atoms with van der Waals surface area (Å²) < 4.78 is 21.3. The molecule has 0 fully saturated rings. The number of aromatic nitrogens is 3. The van der Waals surface area contributed by atoms with Gasteiger partial charge in [-0.1, -0.05) is 30.3 Å². The third-order valence-electron chi connectivity index (χ3n) is 5.37. The summed E-state index contributed by atoms with van der Waals surface area (Å²) in [5.41, 5.74) is 1.07. The van der Waals surface area contributed by atoms with Crippen LogP contribution in [0.15, 0.2) is 58.2 Å². The maximum atomic E-state index is 15.2. The zero-order chi connectivity index (χ0) is 23.9. The molecular formula is C24H22FN3O4S. The van der Waals surface area contributed by atoms with Gasteiger partial charge in [0.15, 0.2) is 17.2 Å². The summed E-state index contributed by atoms with van der Waals surface area (Å²) in [5, 5.41) is 9.39. The lowest BCUT2D eigenvalue weighted by molar-refractivity contribution is 0.0690. The Labute approximate surface area is 193 Å². The second-order valence-corrected chi connectivity index (χ2v) is 9.69. The summed E-state index contributed by atoms with van der Waals surface area (Å²) in [6, 6.07) is 14.0. The van der Waals surface area contributed by atoms with E-state index in [0.717, 1.165) is 10.1 Å². The molecule has 0 bridgehead atoms. The first-order chi connectivity index (χ1) is 15.6. The molecule has 33 heavy (non-hydrogen) atoms. The molecule has 0 spiro atoms. The average molecular weight is 468 g/mol. The number of halogens is 1. The van der Waals surface area contributed by atoms with Crippen LogP contribution in [0.4, 0.5) is 4.39 Å². The molecule has 4 rings (SSSR count). The molecule has 0 aliphatic heterocycles. The average Bonchev–Trinajstić information content (AvgIpc) is 3.11. The summed E-state index contributed by atoms with van der Waals surface area (Å²) in [7, 11) is 1.45. The zero-order valence-corrected chi connectivity index (χ0v) is 19.3. The van der Waals surface area contributed by atoms with Gasteiger partial charge < -0.3 is 14.8 Å². The van der Waals surface area contributed by atoms with Crippen LogP contribution in [-0.2, 0) is 4.75 Å². The molecule has 0 saturated carbocycles.